The Morgan fingerprint density at radius 3 is 2.31 bits per heavy atom. The fourth-order valence-electron chi connectivity index (χ4n) is 9.08. The van der Waals surface area contributed by atoms with Crippen molar-refractivity contribution in [2.45, 2.75) is 89.6 Å². The van der Waals surface area contributed by atoms with Crippen molar-refractivity contribution in [2.75, 3.05) is 30.3 Å². The molecule has 3 aliphatic heterocycles. The van der Waals surface area contributed by atoms with E-state index in [4.69, 9.17) is 38.8 Å². The second kappa shape index (κ2) is 16.1. The number of benzene rings is 2. The smallest absolute Gasteiger partial charge is 0.262 e. The van der Waals surface area contributed by atoms with E-state index >= 15 is 4.39 Å². The van der Waals surface area contributed by atoms with E-state index in [-0.39, 0.29) is 63.6 Å². The number of carbonyl (C=O) groups is 4. The van der Waals surface area contributed by atoms with Crippen LogP contribution < -0.4 is 20.7 Å². The molecule has 5 heterocycles. The second-order valence-electron chi connectivity index (χ2n) is 16.1. The fraction of sp³-hybridized carbons (Fsp3) is 0.429. The zero-order chi connectivity index (χ0) is 41.9. The quantitative estimate of drug-likeness (QED) is 0.133. The fourth-order valence-corrected chi connectivity index (χ4v) is 9.76. The molecule has 4 unspecified atom stereocenters. The van der Waals surface area contributed by atoms with Crippen LogP contribution in [0.2, 0.25) is 10.0 Å². The first kappa shape index (κ1) is 40.7. The molecule has 59 heavy (non-hydrogen) atoms. The molecular formula is C42H44Cl2F2N8O5. The summed E-state index contributed by atoms with van der Waals surface area (Å²) in [4.78, 5) is 60.4. The summed E-state index contributed by atoms with van der Waals surface area (Å²) in [5.74, 6) is -2.80. The van der Waals surface area contributed by atoms with Crippen LogP contribution in [0.3, 0.4) is 0 Å². The predicted molar refractivity (Wildman–Crippen MR) is 217 cm³/mol. The van der Waals surface area contributed by atoms with Crippen LogP contribution in [0, 0.1) is 17.6 Å². The van der Waals surface area contributed by atoms with Gasteiger partial charge in [-0.3, -0.25) is 39.0 Å². The van der Waals surface area contributed by atoms with Crippen molar-refractivity contribution in [2.24, 2.45) is 5.92 Å². The lowest BCUT2D eigenvalue weighted by atomic mass is 9.85. The van der Waals surface area contributed by atoms with E-state index in [1.54, 1.807) is 25.4 Å². The van der Waals surface area contributed by atoms with E-state index in [9.17, 15) is 23.6 Å². The van der Waals surface area contributed by atoms with Crippen molar-refractivity contribution >= 4 is 58.3 Å². The molecule has 4 aliphatic rings. The largest absolute Gasteiger partial charge is 0.482 e. The van der Waals surface area contributed by atoms with Gasteiger partial charge in [0.05, 0.1) is 34.1 Å². The standard InChI is InChI=1S/C42H44Cl2F2N8O5/c1-21-17-51(34-14-29-28(13-32(34)46)41(57)54(42(29)58)33-10-11-36(55)50-40(33)56)18-22(2)52(21)19-24-4-6-27(7-5-24)53-20-26(16-49-53)25-12-35(39(47)48-15-25)59-23(3)37-30(43)8-9-31(45)38(37)44/h8-9,12-16,20-24,27,33H,4-7,10-11,17-19H2,1-3H3,(H2,47,48)(H,50,55,56). The topological polar surface area (TPSA) is 156 Å². The minimum atomic E-state index is -1.11. The summed E-state index contributed by atoms with van der Waals surface area (Å²) < 4.78 is 38.0. The van der Waals surface area contributed by atoms with E-state index < -0.39 is 47.4 Å². The number of hydrogen-bond donors (Lipinski definition) is 2. The van der Waals surface area contributed by atoms with Crippen LogP contribution in [-0.4, -0.2) is 86.0 Å². The van der Waals surface area contributed by atoms with Crippen LogP contribution in [0.5, 0.6) is 5.75 Å². The van der Waals surface area contributed by atoms with Gasteiger partial charge in [0.25, 0.3) is 11.8 Å². The Morgan fingerprint density at radius 1 is 0.915 bits per heavy atom. The first-order valence-corrected chi connectivity index (χ1v) is 20.6. The summed E-state index contributed by atoms with van der Waals surface area (Å²) in [6.07, 6.45) is 8.74. The third-order valence-corrected chi connectivity index (χ3v) is 12.9. The summed E-state index contributed by atoms with van der Waals surface area (Å²) in [6.45, 7) is 7.92. The number of nitrogens with zero attached hydrogens (tertiary/aromatic N) is 6. The Morgan fingerprint density at radius 2 is 1.61 bits per heavy atom. The van der Waals surface area contributed by atoms with Crippen LogP contribution in [0.4, 0.5) is 20.3 Å². The Labute approximate surface area is 349 Å². The van der Waals surface area contributed by atoms with Gasteiger partial charge < -0.3 is 15.4 Å². The SMILES string of the molecule is CC(Oc1cc(-c2cnn(C3CCC(CN4C(C)CN(c5cc6c(cc5F)C(=O)N(C5CCC(=O)NC5=O)C6=O)CC4C)CC3)c2)cnc1N)c1c(Cl)ccc(F)c1Cl. The van der Waals surface area contributed by atoms with E-state index in [2.05, 4.69) is 29.0 Å². The third kappa shape index (κ3) is 7.75. The summed E-state index contributed by atoms with van der Waals surface area (Å²) in [7, 11) is 0. The van der Waals surface area contributed by atoms with Gasteiger partial charge in [-0.25, -0.2) is 13.8 Å². The van der Waals surface area contributed by atoms with Crippen LogP contribution in [0.15, 0.2) is 48.9 Å². The number of nitrogen functional groups attached to an aromatic ring is 1. The number of piperidine rings is 1. The highest BCUT2D eigenvalue weighted by molar-refractivity contribution is 6.36. The number of fused-ring (bicyclic) bond motifs is 1. The summed E-state index contributed by atoms with van der Waals surface area (Å²) in [5, 5.41) is 7.06. The molecule has 0 radical (unpaired) electrons. The minimum absolute atomic E-state index is 0.00743. The highest BCUT2D eigenvalue weighted by atomic mass is 35.5. The zero-order valence-electron chi connectivity index (χ0n) is 32.8. The van der Waals surface area contributed by atoms with Crippen molar-refractivity contribution in [3.05, 3.63) is 87.3 Å². The maximum absolute atomic E-state index is 15.7. The van der Waals surface area contributed by atoms with Crippen molar-refractivity contribution in [1.82, 2.24) is 29.9 Å². The van der Waals surface area contributed by atoms with Crippen LogP contribution in [0.1, 0.15) is 97.7 Å². The number of ether oxygens (including phenoxy) is 1. The van der Waals surface area contributed by atoms with Crippen molar-refractivity contribution in [3.63, 3.8) is 0 Å². The number of anilines is 2. The molecular weight excluding hydrogens is 805 g/mol. The first-order valence-electron chi connectivity index (χ1n) is 19.8. The molecule has 4 atom stereocenters. The van der Waals surface area contributed by atoms with Crippen LogP contribution in [0.25, 0.3) is 11.1 Å². The molecule has 0 spiro atoms. The van der Waals surface area contributed by atoms with Crippen molar-refractivity contribution in [1.29, 1.82) is 0 Å². The molecule has 1 aliphatic carbocycles. The average Bonchev–Trinajstić information content (AvgIpc) is 3.78. The number of nitrogens with two attached hydrogens (primary N) is 1. The zero-order valence-corrected chi connectivity index (χ0v) is 34.3. The van der Waals surface area contributed by atoms with E-state index in [1.807, 2.05) is 15.8 Å². The first-order chi connectivity index (χ1) is 28.2. The average molecular weight is 850 g/mol. The van der Waals surface area contributed by atoms with E-state index in [0.29, 0.717) is 30.3 Å². The van der Waals surface area contributed by atoms with Gasteiger partial charge in [-0.2, -0.15) is 5.10 Å². The van der Waals surface area contributed by atoms with E-state index in [0.717, 1.165) is 54.3 Å². The number of hydrogen-bond acceptors (Lipinski definition) is 10. The van der Waals surface area contributed by atoms with Gasteiger partial charge in [-0.05, 0) is 89.1 Å². The van der Waals surface area contributed by atoms with Gasteiger partial charge in [0.15, 0.2) is 11.6 Å². The molecule has 3 N–H and O–H groups in total. The van der Waals surface area contributed by atoms with Gasteiger partial charge in [0.2, 0.25) is 11.8 Å². The lowest BCUT2D eigenvalue weighted by Crippen LogP contribution is -2.58. The Hall–Kier alpha value is -5.12. The molecule has 2 aromatic heterocycles. The molecule has 13 nitrogen and oxygen atoms in total. The lowest BCUT2D eigenvalue weighted by Gasteiger charge is -2.47. The number of imide groups is 2. The number of pyridine rings is 1. The maximum atomic E-state index is 15.7. The van der Waals surface area contributed by atoms with Gasteiger partial charge in [-0.1, -0.05) is 23.2 Å². The van der Waals surface area contributed by atoms with Crippen molar-refractivity contribution < 1.29 is 32.7 Å². The van der Waals surface area contributed by atoms with E-state index in [1.165, 1.54) is 18.2 Å². The summed E-state index contributed by atoms with van der Waals surface area (Å²) >= 11 is 12.5. The monoisotopic (exact) mass is 848 g/mol. The van der Waals surface area contributed by atoms with Gasteiger partial charge in [-0.15, -0.1) is 0 Å². The second-order valence-corrected chi connectivity index (χ2v) is 16.9. The van der Waals surface area contributed by atoms with Crippen LogP contribution >= 0.6 is 23.2 Å². The predicted octanol–water partition coefficient (Wildman–Crippen LogP) is 6.98. The number of halogens is 4. The Bertz CT molecular complexity index is 2340. The highest BCUT2D eigenvalue weighted by Gasteiger charge is 2.46. The third-order valence-electron chi connectivity index (χ3n) is 12.2. The summed E-state index contributed by atoms with van der Waals surface area (Å²) in [6, 6.07) is 6.23. The number of carbonyl (C=O) groups excluding carboxylic acids is 4. The van der Waals surface area contributed by atoms with Crippen molar-refractivity contribution in [3.8, 4) is 16.9 Å². The molecule has 2 saturated heterocycles. The highest BCUT2D eigenvalue weighted by Crippen LogP contribution is 2.39. The van der Waals surface area contributed by atoms with Gasteiger partial charge in [0.1, 0.15) is 23.8 Å². The number of amides is 4. The molecule has 4 aromatic rings. The van der Waals surface area contributed by atoms with Gasteiger partial charge >= 0.3 is 0 Å². The van der Waals surface area contributed by atoms with Gasteiger partial charge in [0, 0.05) is 72.2 Å². The Balaban J connectivity index is 0.870. The number of aromatic nitrogens is 3. The molecule has 310 valence electrons. The molecule has 1 saturated carbocycles. The summed E-state index contributed by atoms with van der Waals surface area (Å²) in [5.41, 5.74) is 8.32. The van der Waals surface area contributed by atoms with Crippen LogP contribution in [-0.2, 0) is 9.59 Å². The maximum Gasteiger partial charge on any atom is 0.262 e. The molecule has 8 rings (SSSR count). The molecule has 3 fully saturated rings. The molecule has 4 amide bonds. The minimum Gasteiger partial charge on any atom is -0.482 e. The lowest BCUT2D eigenvalue weighted by molar-refractivity contribution is -0.136. The molecule has 17 heteroatoms. The number of rotatable bonds is 9. The number of piperazine rings is 1. The number of nitrogens with one attached hydrogen (secondary N) is 1. The normalized spacial score (nSPS) is 24.4. The molecule has 2 aromatic carbocycles. The Kier molecular flexibility index (Phi) is 11.1. The molecule has 0 bridgehead atoms.